The van der Waals surface area contributed by atoms with Gasteiger partial charge in [0.15, 0.2) is 0 Å². The molecule has 1 aromatic heterocycles. The second-order valence-corrected chi connectivity index (χ2v) is 6.92. The van der Waals surface area contributed by atoms with Crippen molar-refractivity contribution < 1.29 is 14.3 Å². The maximum absolute atomic E-state index is 12.2. The molecule has 6 heteroatoms. The number of carbonyl (C=O) groups excluding carboxylic acids is 2. The Bertz CT molecular complexity index is 683. The monoisotopic (exact) mass is 360 g/mol. The third-order valence-electron chi connectivity index (χ3n) is 3.90. The summed E-state index contributed by atoms with van der Waals surface area (Å²) in [5, 5.41) is 7.50. The van der Waals surface area contributed by atoms with Crippen molar-refractivity contribution in [2.24, 2.45) is 0 Å². The highest BCUT2D eigenvalue weighted by Crippen LogP contribution is 2.13. The van der Waals surface area contributed by atoms with Crippen LogP contribution in [0.2, 0.25) is 0 Å². The van der Waals surface area contributed by atoms with Crippen LogP contribution in [0, 0.1) is 0 Å². The fraction of sp³-hybridized carbons (Fsp3) is 0.368. The smallest absolute Gasteiger partial charge is 0.261 e. The largest absolute Gasteiger partial charge is 0.497 e. The minimum Gasteiger partial charge on any atom is -0.497 e. The zero-order valence-electron chi connectivity index (χ0n) is 14.7. The zero-order chi connectivity index (χ0) is 18.2. The van der Waals surface area contributed by atoms with Gasteiger partial charge in [-0.1, -0.05) is 18.2 Å². The van der Waals surface area contributed by atoms with Crippen LogP contribution in [0.5, 0.6) is 5.75 Å². The molecule has 2 rings (SSSR count). The number of methoxy groups -OCH3 is 1. The van der Waals surface area contributed by atoms with Crippen molar-refractivity contribution in [3.05, 3.63) is 52.2 Å². The van der Waals surface area contributed by atoms with Crippen LogP contribution in [-0.2, 0) is 11.2 Å². The first-order chi connectivity index (χ1) is 12.0. The van der Waals surface area contributed by atoms with Gasteiger partial charge in [-0.25, -0.2) is 0 Å². The first kappa shape index (κ1) is 19.0. The molecule has 2 atom stereocenters. The predicted octanol–water partition coefficient (Wildman–Crippen LogP) is 3.01. The Kier molecular flexibility index (Phi) is 7.01. The molecule has 0 saturated heterocycles. The van der Waals surface area contributed by atoms with Gasteiger partial charge in [0.05, 0.1) is 12.0 Å². The molecule has 1 aromatic carbocycles. The van der Waals surface area contributed by atoms with E-state index in [1.165, 1.54) is 16.9 Å². The third kappa shape index (κ3) is 5.90. The van der Waals surface area contributed by atoms with Crippen LogP contribution in [0.1, 0.15) is 35.5 Å². The zero-order valence-corrected chi connectivity index (χ0v) is 15.6. The topological polar surface area (TPSA) is 67.4 Å². The lowest BCUT2D eigenvalue weighted by molar-refractivity contribution is -0.123. The maximum atomic E-state index is 12.2. The number of rotatable bonds is 8. The summed E-state index contributed by atoms with van der Waals surface area (Å²) < 4.78 is 5.14. The Labute approximate surface area is 152 Å². The van der Waals surface area contributed by atoms with E-state index in [-0.39, 0.29) is 17.9 Å². The van der Waals surface area contributed by atoms with Crippen LogP contribution in [0.25, 0.3) is 0 Å². The van der Waals surface area contributed by atoms with Gasteiger partial charge in [0.1, 0.15) is 11.8 Å². The first-order valence-corrected chi connectivity index (χ1v) is 9.15. The molecule has 2 amide bonds. The minimum atomic E-state index is -0.571. The SMILES string of the molecule is COc1ccc(CC[C@H](C)NC(=O)[C@H](C)NC(=O)c2cccs2)cc1. The standard InChI is InChI=1S/C19H24N2O3S/c1-13(6-7-15-8-10-16(24-3)11-9-15)20-18(22)14(2)21-19(23)17-5-4-12-25-17/h4-5,8-14H,6-7H2,1-3H3,(H,20,22)(H,21,23)/t13-,14-/m0/s1. The molecule has 1 heterocycles. The van der Waals surface area contributed by atoms with E-state index in [0.29, 0.717) is 4.88 Å². The second kappa shape index (κ2) is 9.22. The molecular formula is C19H24N2O3S. The maximum Gasteiger partial charge on any atom is 0.261 e. The van der Waals surface area contributed by atoms with Crippen molar-refractivity contribution >= 4 is 23.2 Å². The summed E-state index contributed by atoms with van der Waals surface area (Å²) >= 11 is 1.35. The van der Waals surface area contributed by atoms with Crippen LogP contribution in [0.15, 0.2) is 41.8 Å². The van der Waals surface area contributed by atoms with Crippen molar-refractivity contribution in [2.75, 3.05) is 7.11 Å². The number of amides is 2. The molecule has 0 saturated carbocycles. The predicted molar refractivity (Wildman–Crippen MR) is 100 cm³/mol. The molecule has 25 heavy (non-hydrogen) atoms. The van der Waals surface area contributed by atoms with E-state index >= 15 is 0 Å². The van der Waals surface area contributed by atoms with Gasteiger partial charge in [-0.2, -0.15) is 0 Å². The third-order valence-corrected chi connectivity index (χ3v) is 4.77. The van der Waals surface area contributed by atoms with Crippen molar-refractivity contribution in [3.63, 3.8) is 0 Å². The second-order valence-electron chi connectivity index (χ2n) is 5.97. The van der Waals surface area contributed by atoms with Crippen LogP contribution >= 0.6 is 11.3 Å². The lowest BCUT2D eigenvalue weighted by Gasteiger charge is -2.18. The Hall–Kier alpha value is -2.34. The van der Waals surface area contributed by atoms with Crippen LogP contribution < -0.4 is 15.4 Å². The molecule has 0 radical (unpaired) electrons. The highest BCUT2D eigenvalue weighted by molar-refractivity contribution is 7.12. The van der Waals surface area contributed by atoms with Gasteiger partial charge in [-0.05, 0) is 55.8 Å². The van der Waals surface area contributed by atoms with Crippen molar-refractivity contribution in [2.45, 2.75) is 38.8 Å². The summed E-state index contributed by atoms with van der Waals surface area (Å²) in [6, 6.07) is 10.9. The Morgan fingerprint density at radius 2 is 1.84 bits per heavy atom. The average Bonchev–Trinajstić information content (AvgIpc) is 3.15. The average molecular weight is 360 g/mol. The molecule has 0 bridgehead atoms. The normalized spacial score (nSPS) is 12.9. The summed E-state index contributed by atoms with van der Waals surface area (Å²) in [6.07, 6.45) is 1.69. The van der Waals surface area contributed by atoms with Crippen LogP contribution in [0.3, 0.4) is 0 Å². The summed E-state index contributed by atoms with van der Waals surface area (Å²) in [4.78, 5) is 24.8. The fourth-order valence-corrected chi connectivity index (χ4v) is 2.98. The summed E-state index contributed by atoms with van der Waals surface area (Å²) in [6.45, 7) is 3.66. The Morgan fingerprint density at radius 1 is 1.12 bits per heavy atom. The number of hydrogen-bond acceptors (Lipinski definition) is 4. The van der Waals surface area contributed by atoms with Crippen molar-refractivity contribution in [1.29, 1.82) is 0 Å². The quantitative estimate of drug-likeness (QED) is 0.760. The molecule has 0 aliphatic heterocycles. The number of benzene rings is 1. The lowest BCUT2D eigenvalue weighted by atomic mass is 10.1. The molecule has 0 spiro atoms. The molecule has 0 aliphatic rings. The van der Waals surface area contributed by atoms with E-state index in [4.69, 9.17) is 4.74 Å². The number of ether oxygens (including phenoxy) is 1. The number of aryl methyl sites for hydroxylation is 1. The molecule has 134 valence electrons. The number of carbonyl (C=O) groups is 2. The molecule has 2 N–H and O–H groups in total. The van der Waals surface area contributed by atoms with Crippen LogP contribution in [-0.4, -0.2) is 31.0 Å². The van der Waals surface area contributed by atoms with Gasteiger partial charge in [0, 0.05) is 6.04 Å². The number of thiophene rings is 1. The van der Waals surface area contributed by atoms with Gasteiger partial charge in [-0.3, -0.25) is 9.59 Å². The lowest BCUT2D eigenvalue weighted by Crippen LogP contribution is -2.47. The molecule has 2 aromatic rings. The van der Waals surface area contributed by atoms with E-state index < -0.39 is 6.04 Å². The van der Waals surface area contributed by atoms with Crippen molar-refractivity contribution in [3.8, 4) is 5.75 Å². The van der Waals surface area contributed by atoms with Gasteiger partial charge < -0.3 is 15.4 Å². The molecule has 5 nitrogen and oxygen atoms in total. The molecule has 0 aliphatic carbocycles. The Balaban J connectivity index is 1.75. The number of hydrogen-bond donors (Lipinski definition) is 2. The summed E-state index contributed by atoms with van der Waals surface area (Å²) in [5.74, 6) is 0.441. The van der Waals surface area contributed by atoms with Gasteiger partial charge in [0.25, 0.3) is 5.91 Å². The highest BCUT2D eigenvalue weighted by Gasteiger charge is 2.18. The highest BCUT2D eigenvalue weighted by atomic mass is 32.1. The minimum absolute atomic E-state index is 0.0238. The van der Waals surface area contributed by atoms with Gasteiger partial charge >= 0.3 is 0 Å². The summed E-state index contributed by atoms with van der Waals surface area (Å²) in [7, 11) is 1.64. The van der Waals surface area contributed by atoms with E-state index in [0.717, 1.165) is 18.6 Å². The van der Waals surface area contributed by atoms with E-state index in [9.17, 15) is 9.59 Å². The molecular weight excluding hydrogens is 336 g/mol. The van der Waals surface area contributed by atoms with E-state index in [2.05, 4.69) is 10.6 Å². The molecule has 0 fully saturated rings. The number of nitrogens with one attached hydrogen (secondary N) is 2. The van der Waals surface area contributed by atoms with E-state index in [1.54, 1.807) is 20.1 Å². The van der Waals surface area contributed by atoms with Gasteiger partial charge in [0.2, 0.25) is 5.91 Å². The van der Waals surface area contributed by atoms with E-state index in [1.807, 2.05) is 42.6 Å². The van der Waals surface area contributed by atoms with Crippen molar-refractivity contribution in [1.82, 2.24) is 10.6 Å². The summed E-state index contributed by atoms with van der Waals surface area (Å²) in [5.41, 5.74) is 1.20. The van der Waals surface area contributed by atoms with Crippen LogP contribution in [0.4, 0.5) is 0 Å². The Morgan fingerprint density at radius 3 is 2.44 bits per heavy atom. The molecule has 0 unspecified atom stereocenters. The fourth-order valence-electron chi connectivity index (χ4n) is 2.36. The van der Waals surface area contributed by atoms with Gasteiger partial charge in [-0.15, -0.1) is 11.3 Å². The first-order valence-electron chi connectivity index (χ1n) is 8.27.